The van der Waals surface area contributed by atoms with E-state index in [2.05, 4.69) is 28.4 Å². The Balaban J connectivity index is 2.34. The van der Waals surface area contributed by atoms with Crippen molar-refractivity contribution >= 4 is 17.3 Å². The van der Waals surface area contributed by atoms with Crippen LogP contribution in [0.1, 0.15) is 24.8 Å². The van der Waals surface area contributed by atoms with Gasteiger partial charge in [0.15, 0.2) is 0 Å². The summed E-state index contributed by atoms with van der Waals surface area (Å²) in [6.07, 6.45) is 0. The van der Waals surface area contributed by atoms with Crippen LogP contribution < -0.4 is 5.32 Å². The van der Waals surface area contributed by atoms with Crippen LogP contribution in [0.15, 0.2) is 17.5 Å². The summed E-state index contributed by atoms with van der Waals surface area (Å²) in [7, 11) is 1.42. The van der Waals surface area contributed by atoms with Crippen molar-refractivity contribution in [1.82, 2.24) is 5.32 Å². The molecular formula is C11H17NO2S. The van der Waals surface area contributed by atoms with Crippen molar-refractivity contribution in [3.8, 4) is 0 Å². The SMILES string of the molecule is COC(=O)C(C)CNC(C)c1cccs1. The van der Waals surface area contributed by atoms with Crippen molar-refractivity contribution in [3.63, 3.8) is 0 Å². The number of esters is 1. The quantitative estimate of drug-likeness (QED) is 0.784. The summed E-state index contributed by atoms with van der Waals surface area (Å²) >= 11 is 1.72. The molecule has 84 valence electrons. The Bertz CT molecular complexity index is 298. The zero-order valence-electron chi connectivity index (χ0n) is 9.32. The molecule has 0 fully saturated rings. The van der Waals surface area contributed by atoms with Gasteiger partial charge in [0, 0.05) is 17.5 Å². The average Bonchev–Trinajstić information content (AvgIpc) is 2.77. The second-order valence-electron chi connectivity index (χ2n) is 3.57. The first-order valence-corrected chi connectivity index (χ1v) is 5.87. The highest BCUT2D eigenvalue weighted by atomic mass is 32.1. The number of rotatable bonds is 5. The molecule has 1 aromatic heterocycles. The first-order valence-electron chi connectivity index (χ1n) is 4.99. The number of hydrogen-bond acceptors (Lipinski definition) is 4. The van der Waals surface area contributed by atoms with Crippen LogP contribution in [-0.2, 0) is 9.53 Å². The molecule has 15 heavy (non-hydrogen) atoms. The second kappa shape index (κ2) is 5.88. The zero-order valence-corrected chi connectivity index (χ0v) is 10.1. The molecule has 2 unspecified atom stereocenters. The third kappa shape index (κ3) is 3.64. The van der Waals surface area contributed by atoms with Gasteiger partial charge in [-0.15, -0.1) is 11.3 Å². The number of methoxy groups -OCH3 is 1. The zero-order chi connectivity index (χ0) is 11.3. The van der Waals surface area contributed by atoms with E-state index in [1.807, 2.05) is 13.0 Å². The normalized spacial score (nSPS) is 14.6. The van der Waals surface area contributed by atoms with E-state index >= 15 is 0 Å². The molecule has 0 aliphatic rings. The van der Waals surface area contributed by atoms with Crippen molar-refractivity contribution in [2.24, 2.45) is 5.92 Å². The van der Waals surface area contributed by atoms with Gasteiger partial charge in [-0.1, -0.05) is 13.0 Å². The number of hydrogen-bond donors (Lipinski definition) is 1. The fourth-order valence-corrected chi connectivity index (χ4v) is 2.04. The summed E-state index contributed by atoms with van der Waals surface area (Å²) in [6.45, 7) is 4.60. The smallest absolute Gasteiger partial charge is 0.309 e. The summed E-state index contributed by atoms with van der Waals surface area (Å²) in [5.41, 5.74) is 0. The van der Waals surface area contributed by atoms with Gasteiger partial charge in [-0.3, -0.25) is 4.79 Å². The van der Waals surface area contributed by atoms with Crippen LogP contribution in [0.4, 0.5) is 0 Å². The van der Waals surface area contributed by atoms with Crippen LogP contribution in [0.5, 0.6) is 0 Å². The van der Waals surface area contributed by atoms with E-state index in [4.69, 9.17) is 0 Å². The van der Waals surface area contributed by atoms with Gasteiger partial charge in [-0.25, -0.2) is 0 Å². The molecule has 1 heterocycles. The van der Waals surface area contributed by atoms with E-state index in [0.717, 1.165) is 0 Å². The third-order valence-corrected chi connectivity index (χ3v) is 3.36. The number of ether oxygens (including phenoxy) is 1. The van der Waals surface area contributed by atoms with E-state index in [1.165, 1.54) is 12.0 Å². The first-order chi connectivity index (χ1) is 7.15. The topological polar surface area (TPSA) is 38.3 Å². The molecule has 0 saturated carbocycles. The summed E-state index contributed by atoms with van der Waals surface area (Å²) in [5.74, 6) is -0.265. The van der Waals surface area contributed by atoms with Crippen molar-refractivity contribution in [2.75, 3.05) is 13.7 Å². The fraction of sp³-hybridized carbons (Fsp3) is 0.545. The highest BCUT2D eigenvalue weighted by molar-refractivity contribution is 7.10. The fourth-order valence-electron chi connectivity index (χ4n) is 1.28. The van der Waals surface area contributed by atoms with Crippen LogP contribution in [0, 0.1) is 5.92 Å². The molecule has 0 amide bonds. The molecule has 4 heteroatoms. The van der Waals surface area contributed by atoms with Crippen molar-refractivity contribution in [1.29, 1.82) is 0 Å². The van der Waals surface area contributed by atoms with Crippen LogP contribution in [0.2, 0.25) is 0 Å². The first kappa shape index (κ1) is 12.2. The molecule has 1 N–H and O–H groups in total. The van der Waals surface area contributed by atoms with Gasteiger partial charge in [0.25, 0.3) is 0 Å². The Labute approximate surface area is 94.5 Å². The summed E-state index contributed by atoms with van der Waals surface area (Å²) < 4.78 is 4.66. The monoisotopic (exact) mass is 227 g/mol. The van der Waals surface area contributed by atoms with E-state index < -0.39 is 0 Å². The molecule has 0 radical (unpaired) electrons. The highest BCUT2D eigenvalue weighted by Gasteiger charge is 2.14. The molecule has 0 saturated heterocycles. The maximum atomic E-state index is 11.2. The molecule has 1 aromatic rings. The Kier molecular flexibility index (Phi) is 4.78. The minimum absolute atomic E-state index is 0.0996. The number of thiophene rings is 1. The van der Waals surface area contributed by atoms with Gasteiger partial charge in [0.1, 0.15) is 0 Å². The molecule has 2 atom stereocenters. The van der Waals surface area contributed by atoms with Gasteiger partial charge in [-0.2, -0.15) is 0 Å². The predicted octanol–water partition coefficient (Wildman–Crippen LogP) is 2.21. The predicted molar refractivity (Wildman–Crippen MR) is 61.9 cm³/mol. The van der Waals surface area contributed by atoms with Gasteiger partial charge in [-0.05, 0) is 18.4 Å². The molecule has 0 bridgehead atoms. The molecule has 1 rings (SSSR count). The minimum atomic E-state index is -0.166. The van der Waals surface area contributed by atoms with Crippen molar-refractivity contribution in [2.45, 2.75) is 19.9 Å². The molecular weight excluding hydrogens is 210 g/mol. The lowest BCUT2D eigenvalue weighted by molar-refractivity contribution is -0.144. The Morgan fingerprint density at radius 3 is 2.87 bits per heavy atom. The third-order valence-electron chi connectivity index (χ3n) is 2.30. The Hall–Kier alpha value is -0.870. The van der Waals surface area contributed by atoms with Gasteiger partial charge in [0.05, 0.1) is 13.0 Å². The Morgan fingerprint density at radius 1 is 1.60 bits per heavy atom. The second-order valence-corrected chi connectivity index (χ2v) is 4.55. The molecule has 0 aromatic carbocycles. The number of carbonyl (C=O) groups is 1. The van der Waals surface area contributed by atoms with E-state index in [9.17, 15) is 4.79 Å². The lowest BCUT2D eigenvalue weighted by Crippen LogP contribution is -2.28. The minimum Gasteiger partial charge on any atom is -0.469 e. The van der Waals surface area contributed by atoms with Crippen LogP contribution >= 0.6 is 11.3 Å². The lowest BCUT2D eigenvalue weighted by Gasteiger charge is -2.15. The van der Waals surface area contributed by atoms with E-state index in [0.29, 0.717) is 6.54 Å². The average molecular weight is 227 g/mol. The van der Waals surface area contributed by atoms with Crippen LogP contribution in [-0.4, -0.2) is 19.6 Å². The Morgan fingerprint density at radius 2 is 2.33 bits per heavy atom. The largest absolute Gasteiger partial charge is 0.469 e. The van der Waals surface area contributed by atoms with Gasteiger partial charge >= 0.3 is 5.97 Å². The van der Waals surface area contributed by atoms with Crippen molar-refractivity contribution in [3.05, 3.63) is 22.4 Å². The number of carbonyl (C=O) groups excluding carboxylic acids is 1. The lowest BCUT2D eigenvalue weighted by atomic mass is 10.1. The summed E-state index contributed by atoms with van der Waals surface area (Å²) in [6, 6.07) is 4.41. The van der Waals surface area contributed by atoms with Gasteiger partial charge in [0.2, 0.25) is 0 Å². The summed E-state index contributed by atoms with van der Waals surface area (Å²) in [5, 5.41) is 5.36. The standard InChI is InChI=1S/C11H17NO2S/c1-8(11(13)14-3)7-12-9(2)10-5-4-6-15-10/h4-6,8-9,12H,7H2,1-3H3. The van der Waals surface area contributed by atoms with Gasteiger partial charge < -0.3 is 10.1 Å². The molecule has 0 aliphatic heterocycles. The van der Waals surface area contributed by atoms with Crippen LogP contribution in [0.25, 0.3) is 0 Å². The maximum Gasteiger partial charge on any atom is 0.309 e. The molecule has 0 aliphatic carbocycles. The highest BCUT2D eigenvalue weighted by Crippen LogP contribution is 2.18. The number of nitrogens with one attached hydrogen (secondary N) is 1. The molecule has 3 nitrogen and oxygen atoms in total. The van der Waals surface area contributed by atoms with Crippen molar-refractivity contribution < 1.29 is 9.53 Å². The summed E-state index contributed by atoms with van der Waals surface area (Å²) in [4.78, 5) is 12.4. The van der Waals surface area contributed by atoms with E-state index in [1.54, 1.807) is 11.3 Å². The molecule has 0 spiro atoms. The maximum absolute atomic E-state index is 11.2. The van der Waals surface area contributed by atoms with Crippen LogP contribution in [0.3, 0.4) is 0 Å². The van der Waals surface area contributed by atoms with E-state index in [-0.39, 0.29) is 17.9 Å².